The summed E-state index contributed by atoms with van der Waals surface area (Å²) in [6.07, 6.45) is -3.47. The molecule has 0 bridgehead atoms. The number of hydrogen-bond donors (Lipinski definition) is 2. The molecule has 0 aliphatic carbocycles. The zero-order valence-electron chi connectivity index (χ0n) is 15.6. The molecular weight excluding hydrogens is 343 g/mol. The highest BCUT2D eigenvalue weighted by molar-refractivity contribution is 5.80. The molecule has 8 heteroatoms. The van der Waals surface area contributed by atoms with Crippen molar-refractivity contribution >= 4 is 5.96 Å². The standard InChI is InChI=1S/C18H28F3N5/c1-22-17(24-16-7-8-26(12-16)13-18(19,20)21)23-10-14-5-4-6-15(9-14)11-25(2)3/h4-6,9,16H,7-8,10-13H2,1-3H3,(H2,22,23,24). The first-order valence-corrected chi connectivity index (χ1v) is 8.74. The van der Waals surface area contributed by atoms with Gasteiger partial charge in [0, 0.05) is 39.3 Å². The highest BCUT2D eigenvalue weighted by atomic mass is 19.4. The summed E-state index contributed by atoms with van der Waals surface area (Å²) in [5.41, 5.74) is 2.37. The van der Waals surface area contributed by atoms with Crippen LogP contribution in [0.3, 0.4) is 0 Å². The van der Waals surface area contributed by atoms with Crippen LogP contribution in [0.1, 0.15) is 17.5 Å². The molecule has 0 amide bonds. The van der Waals surface area contributed by atoms with E-state index >= 15 is 0 Å². The Labute approximate surface area is 153 Å². The van der Waals surface area contributed by atoms with E-state index in [0.29, 0.717) is 32.0 Å². The third-order valence-corrected chi connectivity index (χ3v) is 4.19. The number of nitrogens with zero attached hydrogens (tertiary/aromatic N) is 3. The Morgan fingerprint density at radius 2 is 2.04 bits per heavy atom. The van der Waals surface area contributed by atoms with Crippen molar-refractivity contribution in [2.75, 3.05) is 40.8 Å². The molecule has 1 aromatic rings. The number of hydrogen-bond acceptors (Lipinski definition) is 3. The molecule has 1 fully saturated rings. The topological polar surface area (TPSA) is 42.9 Å². The number of aliphatic imine (C=N–C) groups is 1. The van der Waals surface area contributed by atoms with Crippen LogP contribution in [0.2, 0.25) is 0 Å². The summed E-state index contributed by atoms with van der Waals surface area (Å²) >= 11 is 0. The average molecular weight is 371 g/mol. The molecule has 0 saturated carbocycles. The fraction of sp³-hybridized carbons (Fsp3) is 0.611. The Morgan fingerprint density at radius 3 is 2.69 bits per heavy atom. The smallest absolute Gasteiger partial charge is 0.352 e. The maximum atomic E-state index is 12.5. The second-order valence-electron chi connectivity index (χ2n) is 6.96. The van der Waals surface area contributed by atoms with Crippen molar-refractivity contribution in [3.8, 4) is 0 Å². The Kier molecular flexibility index (Phi) is 7.28. The number of benzene rings is 1. The summed E-state index contributed by atoms with van der Waals surface area (Å²) in [6.45, 7) is 1.45. The molecule has 1 unspecified atom stereocenters. The normalized spacial score (nSPS) is 19.2. The van der Waals surface area contributed by atoms with Crippen LogP contribution in [0.5, 0.6) is 0 Å². The van der Waals surface area contributed by atoms with Crippen LogP contribution in [-0.2, 0) is 13.1 Å². The molecular formula is C18H28F3N5. The zero-order valence-corrected chi connectivity index (χ0v) is 15.6. The van der Waals surface area contributed by atoms with Crippen LogP contribution in [0, 0.1) is 0 Å². The van der Waals surface area contributed by atoms with E-state index in [1.807, 2.05) is 26.2 Å². The number of nitrogens with one attached hydrogen (secondary N) is 2. The Hall–Kier alpha value is -1.80. The third-order valence-electron chi connectivity index (χ3n) is 4.19. The molecule has 1 aliphatic heterocycles. The van der Waals surface area contributed by atoms with Gasteiger partial charge in [0.05, 0.1) is 6.54 Å². The molecule has 5 nitrogen and oxygen atoms in total. The first kappa shape index (κ1) is 20.5. The highest BCUT2D eigenvalue weighted by Crippen LogP contribution is 2.19. The van der Waals surface area contributed by atoms with Crippen molar-refractivity contribution in [1.82, 2.24) is 20.4 Å². The van der Waals surface area contributed by atoms with E-state index in [2.05, 4.69) is 32.7 Å². The number of alkyl halides is 3. The van der Waals surface area contributed by atoms with Gasteiger partial charge in [-0.05, 0) is 31.6 Å². The van der Waals surface area contributed by atoms with Gasteiger partial charge in [-0.3, -0.25) is 9.89 Å². The summed E-state index contributed by atoms with van der Waals surface area (Å²) in [5, 5.41) is 6.46. The van der Waals surface area contributed by atoms with Gasteiger partial charge in [-0.2, -0.15) is 13.2 Å². The van der Waals surface area contributed by atoms with Gasteiger partial charge in [0.2, 0.25) is 0 Å². The van der Waals surface area contributed by atoms with Gasteiger partial charge in [-0.15, -0.1) is 0 Å². The highest BCUT2D eigenvalue weighted by Gasteiger charge is 2.34. The second kappa shape index (κ2) is 9.23. The van der Waals surface area contributed by atoms with Gasteiger partial charge in [-0.25, -0.2) is 0 Å². The van der Waals surface area contributed by atoms with E-state index in [0.717, 1.165) is 12.1 Å². The molecule has 0 spiro atoms. The largest absolute Gasteiger partial charge is 0.401 e. The van der Waals surface area contributed by atoms with Crippen molar-refractivity contribution in [1.29, 1.82) is 0 Å². The van der Waals surface area contributed by atoms with E-state index < -0.39 is 12.7 Å². The minimum absolute atomic E-state index is 0.0244. The second-order valence-corrected chi connectivity index (χ2v) is 6.96. The Morgan fingerprint density at radius 1 is 1.31 bits per heavy atom. The number of likely N-dealkylation sites (tertiary alicyclic amines) is 1. The lowest BCUT2D eigenvalue weighted by atomic mass is 10.1. The van der Waals surface area contributed by atoms with Crippen molar-refractivity contribution < 1.29 is 13.2 Å². The first-order chi connectivity index (χ1) is 12.2. The number of guanidine groups is 1. The maximum Gasteiger partial charge on any atom is 0.401 e. The van der Waals surface area contributed by atoms with Crippen molar-refractivity contribution in [3.05, 3.63) is 35.4 Å². The van der Waals surface area contributed by atoms with Crippen LogP contribution in [-0.4, -0.2) is 68.8 Å². The van der Waals surface area contributed by atoms with Crippen molar-refractivity contribution in [3.63, 3.8) is 0 Å². The van der Waals surface area contributed by atoms with Gasteiger partial charge in [0.1, 0.15) is 0 Å². The summed E-state index contributed by atoms with van der Waals surface area (Å²) in [5.74, 6) is 0.613. The summed E-state index contributed by atoms with van der Waals surface area (Å²) in [4.78, 5) is 7.72. The van der Waals surface area contributed by atoms with Crippen LogP contribution in [0.4, 0.5) is 13.2 Å². The van der Waals surface area contributed by atoms with Gasteiger partial charge in [-0.1, -0.05) is 24.3 Å². The lowest BCUT2D eigenvalue weighted by molar-refractivity contribution is -0.143. The summed E-state index contributed by atoms with van der Waals surface area (Å²) in [7, 11) is 5.72. The molecule has 2 N–H and O–H groups in total. The lowest BCUT2D eigenvalue weighted by Gasteiger charge is -2.20. The molecule has 2 rings (SSSR count). The van der Waals surface area contributed by atoms with Crippen LogP contribution in [0.15, 0.2) is 29.3 Å². The molecule has 1 saturated heterocycles. The van der Waals surface area contributed by atoms with Crippen molar-refractivity contribution in [2.24, 2.45) is 4.99 Å². The molecule has 0 aromatic heterocycles. The van der Waals surface area contributed by atoms with E-state index in [4.69, 9.17) is 0 Å². The predicted octanol–water partition coefficient (Wildman–Crippen LogP) is 2.05. The van der Waals surface area contributed by atoms with Crippen LogP contribution < -0.4 is 10.6 Å². The average Bonchev–Trinajstić information content (AvgIpc) is 2.96. The van der Waals surface area contributed by atoms with E-state index in [1.165, 1.54) is 10.5 Å². The van der Waals surface area contributed by atoms with E-state index in [1.54, 1.807) is 7.05 Å². The van der Waals surface area contributed by atoms with Gasteiger partial charge in [0.25, 0.3) is 0 Å². The molecule has 26 heavy (non-hydrogen) atoms. The zero-order chi connectivity index (χ0) is 19.2. The van der Waals surface area contributed by atoms with Gasteiger partial charge >= 0.3 is 6.18 Å². The SMILES string of the molecule is CN=C(NCc1cccc(CN(C)C)c1)NC1CCN(CC(F)(F)F)C1. The quantitative estimate of drug-likeness (QED) is 0.593. The third kappa shape index (κ3) is 7.21. The minimum Gasteiger partial charge on any atom is -0.352 e. The summed E-state index contributed by atoms with van der Waals surface area (Å²) in [6, 6.07) is 8.27. The minimum atomic E-state index is -4.15. The number of halogens is 3. The predicted molar refractivity (Wildman–Crippen MR) is 98.1 cm³/mol. The molecule has 146 valence electrons. The van der Waals surface area contributed by atoms with Crippen LogP contribution in [0.25, 0.3) is 0 Å². The maximum absolute atomic E-state index is 12.5. The Balaban J connectivity index is 1.82. The monoisotopic (exact) mass is 371 g/mol. The lowest BCUT2D eigenvalue weighted by Crippen LogP contribution is -2.44. The first-order valence-electron chi connectivity index (χ1n) is 8.74. The van der Waals surface area contributed by atoms with Crippen molar-refractivity contribution in [2.45, 2.75) is 31.7 Å². The van der Waals surface area contributed by atoms with Crippen LogP contribution >= 0.6 is 0 Å². The van der Waals surface area contributed by atoms with Gasteiger partial charge in [0.15, 0.2) is 5.96 Å². The molecule has 1 aliphatic rings. The summed E-state index contributed by atoms with van der Waals surface area (Å²) < 4.78 is 37.4. The molecule has 1 heterocycles. The molecule has 0 radical (unpaired) electrons. The van der Waals surface area contributed by atoms with Gasteiger partial charge < -0.3 is 15.5 Å². The van der Waals surface area contributed by atoms with E-state index in [-0.39, 0.29) is 6.04 Å². The van der Waals surface area contributed by atoms with E-state index in [9.17, 15) is 13.2 Å². The number of rotatable bonds is 6. The fourth-order valence-electron chi connectivity index (χ4n) is 3.12. The Bertz CT molecular complexity index is 601. The molecule has 1 aromatic carbocycles. The molecule has 1 atom stereocenters. The fourth-order valence-corrected chi connectivity index (χ4v) is 3.12.